The molecule has 0 aliphatic carbocycles. The van der Waals surface area contributed by atoms with Gasteiger partial charge in [-0.2, -0.15) is 5.26 Å². The molecule has 0 aromatic heterocycles. The molecule has 3 heteroatoms. The van der Waals surface area contributed by atoms with E-state index in [2.05, 4.69) is 6.07 Å². The average molecular weight is 152 g/mol. The zero-order valence-electron chi connectivity index (χ0n) is 7.09. The molecule has 2 atom stereocenters. The van der Waals surface area contributed by atoms with Crippen molar-refractivity contribution in [3.63, 3.8) is 0 Å². The van der Waals surface area contributed by atoms with Gasteiger partial charge in [0.2, 0.25) is 5.91 Å². The van der Waals surface area contributed by atoms with E-state index in [0.29, 0.717) is 6.42 Å². The summed E-state index contributed by atoms with van der Waals surface area (Å²) in [5.74, 6) is 0.0821. The van der Waals surface area contributed by atoms with Crippen molar-refractivity contribution in [2.24, 2.45) is 5.92 Å². The van der Waals surface area contributed by atoms with E-state index in [-0.39, 0.29) is 11.8 Å². The largest absolute Gasteiger partial charge is 0.327 e. The zero-order valence-corrected chi connectivity index (χ0v) is 7.09. The van der Waals surface area contributed by atoms with Gasteiger partial charge in [0.1, 0.15) is 5.54 Å². The highest BCUT2D eigenvalue weighted by atomic mass is 16.2. The van der Waals surface area contributed by atoms with Crippen molar-refractivity contribution >= 4 is 5.91 Å². The predicted molar refractivity (Wildman–Crippen MR) is 40.6 cm³/mol. The van der Waals surface area contributed by atoms with Crippen LogP contribution in [0.15, 0.2) is 0 Å². The molecule has 1 fully saturated rings. The zero-order chi connectivity index (χ0) is 8.65. The highest BCUT2D eigenvalue weighted by Gasteiger charge is 2.43. The lowest BCUT2D eigenvalue weighted by molar-refractivity contribution is -0.130. The molecule has 1 aliphatic heterocycles. The molecule has 0 unspecified atom stereocenters. The number of nitrogens with zero attached hydrogens (tertiary/aromatic N) is 2. The molecule has 3 nitrogen and oxygen atoms in total. The molecule has 11 heavy (non-hydrogen) atoms. The van der Waals surface area contributed by atoms with Crippen LogP contribution >= 0.6 is 0 Å². The van der Waals surface area contributed by atoms with Gasteiger partial charge in [0.05, 0.1) is 6.07 Å². The van der Waals surface area contributed by atoms with Crippen molar-refractivity contribution in [2.45, 2.75) is 25.8 Å². The highest BCUT2D eigenvalue weighted by Crippen LogP contribution is 2.31. The van der Waals surface area contributed by atoms with E-state index < -0.39 is 5.54 Å². The summed E-state index contributed by atoms with van der Waals surface area (Å²) in [6.45, 7) is 3.66. The SMILES string of the molecule is C[C@@H]1C[C@](C)(C#N)N(C)C1=O. The van der Waals surface area contributed by atoms with Crippen molar-refractivity contribution < 1.29 is 4.79 Å². The van der Waals surface area contributed by atoms with Crippen LogP contribution in [0.5, 0.6) is 0 Å². The molecule has 0 radical (unpaired) electrons. The van der Waals surface area contributed by atoms with Crippen LogP contribution in [0.4, 0.5) is 0 Å². The monoisotopic (exact) mass is 152 g/mol. The minimum absolute atomic E-state index is 0.00431. The maximum absolute atomic E-state index is 11.3. The second-order valence-electron chi connectivity index (χ2n) is 3.39. The van der Waals surface area contributed by atoms with Crippen molar-refractivity contribution in [3.05, 3.63) is 0 Å². The second-order valence-corrected chi connectivity index (χ2v) is 3.39. The number of rotatable bonds is 0. The summed E-state index contributed by atoms with van der Waals surface area (Å²) >= 11 is 0. The summed E-state index contributed by atoms with van der Waals surface area (Å²) in [7, 11) is 1.69. The Morgan fingerprint density at radius 1 is 1.82 bits per heavy atom. The molecule has 1 aliphatic rings. The van der Waals surface area contributed by atoms with Crippen molar-refractivity contribution in [3.8, 4) is 6.07 Å². The van der Waals surface area contributed by atoms with Crippen LogP contribution in [0.25, 0.3) is 0 Å². The lowest BCUT2D eigenvalue weighted by atomic mass is 9.97. The predicted octanol–water partition coefficient (Wildman–Crippen LogP) is 0.767. The van der Waals surface area contributed by atoms with E-state index in [4.69, 9.17) is 5.26 Å². The van der Waals surface area contributed by atoms with Gasteiger partial charge >= 0.3 is 0 Å². The summed E-state index contributed by atoms with van der Waals surface area (Å²) in [5, 5.41) is 8.79. The molecule has 0 aromatic rings. The average Bonchev–Trinajstić information content (AvgIpc) is 2.17. The number of amides is 1. The molecule has 0 spiro atoms. The molecule has 1 rings (SSSR count). The lowest BCUT2D eigenvalue weighted by Crippen LogP contribution is -2.38. The van der Waals surface area contributed by atoms with Crippen LogP contribution in [0.2, 0.25) is 0 Å². The summed E-state index contributed by atoms with van der Waals surface area (Å²) in [6, 6.07) is 2.16. The number of carbonyl (C=O) groups is 1. The third-order valence-electron chi connectivity index (χ3n) is 2.44. The van der Waals surface area contributed by atoms with E-state index in [1.807, 2.05) is 6.92 Å². The van der Waals surface area contributed by atoms with Crippen LogP contribution in [0.3, 0.4) is 0 Å². The standard InChI is InChI=1S/C8H12N2O/c1-6-4-8(2,5-9)10(3)7(6)11/h6H,4H2,1-3H3/t6-,8-/m1/s1. The summed E-state index contributed by atoms with van der Waals surface area (Å²) in [4.78, 5) is 12.8. The van der Waals surface area contributed by atoms with Gasteiger partial charge in [-0.3, -0.25) is 4.79 Å². The van der Waals surface area contributed by atoms with Gasteiger partial charge in [-0.15, -0.1) is 0 Å². The Bertz CT molecular complexity index is 231. The molecule has 1 heterocycles. The number of carbonyl (C=O) groups excluding carboxylic acids is 1. The molecule has 1 saturated heterocycles. The van der Waals surface area contributed by atoms with E-state index in [1.54, 1.807) is 14.0 Å². The third kappa shape index (κ3) is 0.988. The number of nitriles is 1. The van der Waals surface area contributed by atoms with Crippen LogP contribution in [0.1, 0.15) is 20.3 Å². The number of hydrogen-bond donors (Lipinski definition) is 0. The van der Waals surface area contributed by atoms with Crippen molar-refractivity contribution in [1.29, 1.82) is 5.26 Å². The van der Waals surface area contributed by atoms with Gasteiger partial charge in [-0.05, 0) is 13.3 Å². The Balaban J connectivity index is 2.93. The van der Waals surface area contributed by atoms with Gasteiger partial charge in [-0.1, -0.05) is 6.92 Å². The van der Waals surface area contributed by atoms with Gasteiger partial charge in [-0.25, -0.2) is 0 Å². The van der Waals surface area contributed by atoms with Gasteiger partial charge in [0.15, 0.2) is 0 Å². The lowest BCUT2D eigenvalue weighted by Gasteiger charge is -2.23. The van der Waals surface area contributed by atoms with E-state index in [0.717, 1.165) is 0 Å². The number of likely N-dealkylation sites (tertiary alicyclic amines) is 1. The minimum atomic E-state index is -0.573. The Morgan fingerprint density at radius 2 is 2.36 bits per heavy atom. The number of hydrogen-bond acceptors (Lipinski definition) is 2. The van der Waals surface area contributed by atoms with Crippen molar-refractivity contribution in [2.75, 3.05) is 7.05 Å². The topological polar surface area (TPSA) is 44.1 Å². The van der Waals surface area contributed by atoms with E-state index >= 15 is 0 Å². The Labute approximate surface area is 66.6 Å². The maximum atomic E-state index is 11.3. The first-order valence-electron chi connectivity index (χ1n) is 3.70. The van der Waals surface area contributed by atoms with Gasteiger partial charge < -0.3 is 4.90 Å². The molecular weight excluding hydrogens is 140 g/mol. The molecule has 60 valence electrons. The van der Waals surface area contributed by atoms with Crippen LogP contribution in [-0.4, -0.2) is 23.4 Å². The first kappa shape index (κ1) is 8.06. The van der Waals surface area contributed by atoms with Crippen LogP contribution in [0, 0.1) is 17.2 Å². The first-order valence-corrected chi connectivity index (χ1v) is 3.70. The van der Waals surface area contributed by atoms with Crippen molar-refractivity contribution in [1.82, 2.24) is 4.90 Å². The molecule has 0 bridgehead atoms. The maximum Gasteiger partial charge on any atom is 0.226 e. The van der Waals surface area contributed by atoms with Gasteiger partial charge in [0.25, 0.3) is 0 Å². The third-order valence-corrected chi connectivity index (χ3v) is 2.44. The van der Waals surface area contributed by atoms with Crippen LogP contribution < -0.4 is 0 Å². The second kappa shape index (κ2) is 2.23. The molecular formula is C8H12N2O. The Hall–Kier alpha value is -1.04. The fraction of sp³-hybridized carbons (Fsp3) is 0.750. The summed E-state index contributed by atoms with van der Waals surface area (Å²) in [6.07, 6.45) is 0.652. The van der Waals surface area contributed by atoms with Crippen LogP contribution in [-0.2, 0) is 4.79 Å². The Morgan fingerprint density at radius 3 is 2.55 bits per heavy atom. The normalized spacial score (nSPS) is 37.5. The van der Waals surface area contributed by atoms with E-state index in [9.17, 15) is 4.79 Å². The van der Waals surface area contributed by atoms with E-state index in [1.165, 1.54) is 4.90 Å². The molecule has 0 aromatic carbocycles. The summed E-state index contributed by atoms with van der Waals surface area (Å²) < 4.78 is 0. The quantitative estimate of drug-likeness (QED) is 0.514. The first-order chi connectivity index (χ1) is 5.01. The fourth-order valence-corrected chi connectivity index (χ4v) is 1.51. The minimum Gasteiger partial charge on any atom is -0.327 e. The van der Waals surface area contributed by atoms with Gasteiger partial charge in [0, 0.05) is 13.0 Å². The Kier molecular flexibility index (Phi) is 1.63. The molecule has 0 saturated carbocycles. The fourth-order valence-electron chi connectivity index (χ4n) is 1.51. The smallest absolute Gasteiger partial charge is 0.226 e. The summed E-state index contributed by atoms with van der Waals surface area (Å²) in [5.41, 5.74) is -0.573. The highest BCUT2D eigenvalue weighted by molar-refractivity contribution is 5.82. The molecule has 0 N–H and O–H groups in total. The molecule has 1 amide bonds.